The summed E-state index contributed by atoms with van der Waals surface area (Å²) in [6.45, 7) is 6.36. The molecule has 0 aliphatic heterocycles. The molecule has 334 valence electrons. The van der Waals surface area contributed by atoms with Crippen LogP contribution in [0.15, 0.2) is 36.5 Å². The molecule has 0 aliphatic carbocycles. The third kappa shape index (κ3) is 40.6. The third-order valence-corrected chi connectivity index (χ3v) is 11.2. The molecule has 0 saturated heterocycles. The summed E-state index contributed by atoms with van der Waals surface area (Å²) in [5, 5.41) is 23.7. The number of amides is 1. The van der Waals surface area contributed by atoms with E-state index in [1.807, 2.05) is 0 Å². The maximum absolute atomic E-state index is 13.2. The minimum atomic E-state index is -0.790. The van der Waals surface area contributed by atoms with Crippen LogP contribution in [0.25, 0.3) is 0 Å². The van der Waals surface area contributed by atoms with E-state index in [1.54, 1.807) is 0 Å². The van der Waals surface area contributed by atoms with Gasteiger partial charge in [-0.15, -0.1) is 0 Å². The van der Waals surface area contributed by atoms with Gasteiger partial charge in [0.25, 0.3) is 0 Å². The van der Waals surface area contributed by atoms with E-state index in [4.69, 9.17) is 4.74 Å². The second-order valence-electron chi connectivity index (χ2n) is 16.8. The van der Waals surface area contributed by atoms with Crippen molar-refractivity contribution in [1.82, 2.24) is 5.32 Å². The number of unbranched alkanes of at least 4 members (excludes halogenated alkanes) is 26. The average molecular weight is 802 g/mol. The zero-order valence-corrected chi connectivity index (χ0v) is 38.0. The highest BCUT2D eigenvalue weighted by atomic mass is 16.5. The Hall–Kier alpha value is -1.92. The lowest BCUT2D eigenvalue weighted by Gasteiger charge is -2.24. The molecule has 3 N–H and O–H groups in total. The minimum Gasteiger partial charge on any atom is -0.462 e. The Morgan fingerprint density at radius 2 is 0.947 bits per heavy atom. The molecule has 3 unspecified atom stereocenters. The van der Waals surface area contributed by atoms with Gasteiger partial charge in [-0.2, -0.15) is 0 Å². The van der Waals surface area contributed by atoms with Crippen LogP contribution in [0.1, 0.15) is 252 Å². The van der Waals surface area contributed by atoms with Gasteiger partial charge in [-0.05, 0) is 57.8 Å². The van der Waals surface area contributed by atoms with Crippen LogP contribution in [0.2, 0.25) is 0 Å². The number of ether oxygens (including phenoxy) is 1. The molecule has 0 bridgehead atoms. The largest absolute Gasteiger partial charge is 0.462 e. The maximum Gasteiger partial charge on any atom is 0.306 e. The van der Waals surface area contributed by atoms with Crippen LogP contribution in [0.4, 0.5) is 0 Å². The zero-order chi connectivity index (χ0) is 41.7. The number of hydrogen-bond acceptors (Lipinski definition) is 5. The molecule has 0 aromatic carbocycles. The molecule has 0 saturated carbocycles. The van der Waals surface area contributed by atoms with Crippen molar-refractivity contribution in [3.63, 3.8) is 0 Å². The highest BCUT2D eigenvalue weighted by molar-refractivity contribution is 5.77. The maximum atomic E-state index is 13.2. The first-order chi connectivity index (χ1) is 28.0. The average Bonchev–Trinajstić information content (AvgIpc) is 3.20. The molecule has 6 heteroatoms. The van der Waals surface area contributed by atoms with Gasteiger partial charge in [0.2, 0.25) is 5.91 Å². The van der Waals surface area contributed by atoms with Crippen LogP contribution in [0.5, 0.6) is 0 Å². The van der Waals surface area contributed by atoms with Gasteiger partial charge in [0, 0.05) is 6.42 Å². The van der Waals surface area contributed by atoms with Gasteiger partial charge >= 0.3 is 5.97 Å². The Balaban J connectivity index is 4.61. The molecular weight excluding hydrogens is 707 g/mol. The second-order valence-corrected chi connectivity index (χ2v) is 16.8. The number of carbonyl (C=O) groups excluding carboxylic acids is 2. The topological polar surface area (TPSA) is 95.9 Å². The lowest BCUT2D eigenvalue weighted by molar-refractivity contribution is -0.151. The van der Waals surface area contributed by atoms with Crippen molar-refractivity contribution in [3.8, 4) is 0 Å². The van der Waals surface area contributed by atoms with Crippen molar-refractivity contribution in [2.45, 2.75) is 270 Å². The Morgan fingerprint density at radius 3 is 1.44 bits per heavy atom. The Morgan fingerprint density at radius 1 is 0.526 bits per heavy atom. The predicted octanol–water partition coefficient (Wildman–Crippen LogP) is 14.5. The van der Waals surface area contributed by atoms with Gasteiger partial charge in [0.15, 0.2) is 0 Å². The van der Waals surface area contributed by atoms with Crippen molar-refractivity contribution >= 4 is 11.9 Å². The quantitative estimate of drug-likeness (QED) is 0.0324. The summed E-state index contributed by atoms with van der Waals surface area (Å²) >= 11 is 0. The van der Waals surface area contributed by atoms with Crippen molar-refractivity contribution in [1.29, 1.82) is 0 Å². The molecule has 0 spiro atoms. The first-order valence-corrected chi connectivity index (χ1v) is 24.7. The Labute approximate surface area is 353 Å². The van der Waals surface area contributed by atoms with E-state index < -0.39 is 18.2 Å². The summed E-state index contributed by atoms with van der Waals surface area (Å²) < 4.78 is 5.92. The van der Waals surface area contributed by atoms with E-state index in [9.17, 15) is 19.8 Å². The normalized spacial score (nSPS) is 13.6. The summed E-state index contributed by atoms with van der Waals surface area (Å²) in [7, 11) is 0. The van der Waals surface area contributed by atoms with Gasteiger partial charge in [-0.3, -0.25) is 9.59 Å². The number of allylic oxidation sites excluding steroid dienone is 6. The van der Waals surface area contributed by atoms with Crippen molar-refractivity contribution < 1.29 is 24.5 Å². The molecule has 0 rings (SSSR count). The van der Waals surface area contributed by atoms with Crippen LogP contribution in [0, 0.1) is 0 Å². The van der Waals surface area contributed by atoms with E-state index >= 15 is 0 Å². The van der Waals surface area contributed by atoms with E-state index in [0.29, 0.717) is 19.3 Å². The molecule has 57 heavy (non-hydrogen) atoms. The fourth-order valence-corrected chi connectivity index (χ4v) is 7.50. The fourth-order valence-electron chi connectivity index (χ4n) is 7.50. The van der Waals surface area contributed by atoms with Crippen LogP contribution < -0.4 is 5.32 Å². The van der Waals surface area contributed by atoms with Crippen molar-refractivity contribution in [3.05, 3.63) is 36.5 Å². The SMILES string of the molecule is CC/C=C/C/C=C/C/C=C/CCCCCCC(CC(=O)NC(CO)C(O)CCCCCCCCCCCC)OC(=O)CCCCCCCCCCCCCCCC. The monoisotopic (exact) mass is 802 g/mol. The van der Waals surface area contributed by atoms with E-state index in [-0.39, 0.29) is 24.9 Å². The highest BCUT2D eigenvalue weighted by Gasteiger charge is 2.24. The summed E-state index contributed by atoms with van der Waals surface area (Å²) in [4.78, 5) is 26.1. The Bertz CT molecular complexity index is 946. The fraction of sp³-hybridized carbons (Fsp3) is 0.843. The minimum absolute atomic E-state index is 0.0659. The predicted molar refractivity (Wildman–Crippen MR) is 246 cm³/mol. The standard InChI is InChI=1S/C51H95NO5/c1-4-7-10-13-16-19-22-24-26-28-30-33-36-39-42-47(57-51(56)44-41-38-35-32-29-27-25-23-20-17-14-11-8-5-2)45-50(55)52-48(46-53)49(54)43-40-37-34-31-21-18-15-12-9-6-3/h7,10,16,19,24,26,47-49,53-54H,4-6,8-9,11-15,17-18,20-23,25,27-46H2,1-3H3,(H,52,55)/b10-7+,19-16+,26-24+. The first-order valence-electron chi connectivity index (χ1n) is 24.7. The zero-order valence-electron chi connectivity index (χ0n) is 38.0. The second kappa shape index (κ2) is 45.2. The van der Waals surface area contributed by atoms with E-state index in [2.05, 4.69) is 62.5 Å². The molecule has 3 atom stereocenters. The molecule has 0 aromatic heterocycles. The molecule has 1 amide bonds. The molecule has 0 aliphatic rings. The molecule has 6 nitrogen and oxygen atoms in total. The lowest BCUT2D eigenvalue weighted by Crippen LogP contribution is -2.46. The highest BCUT2D eigenvalue weighted by Crippen LogP contribution is 2.18. The number of hydrogen-bond donors (Lipinski definition) is 3. The number of carbonyl (C=O) groups is 2. The summed E-state index contributed by atoms with van der Waals surface area (Å²) in [5.74, 6) is -0.488. The number of esters is 1. The van der Waals surface area contributed by atoms with Gasteiger partial charge in [-0.1, -0.05) is 218 Å². The molecule has 0 aromatic rings. The molecule has 0 fully saturated rings. The van der Waals surface area contributed by atoms with Crippen LogP contribution in [0.3, 0.4) is 0 Å². The van der Waals surface area contributed by atoms with Gasteiger partial charge in [-0.25, -0.2) is 0 Å². The van der Waals surface area contributed by atoms with Gasteiger partial charge < -0.3 is 20.3 Å². The van der Waals surface area contributed by atoms with Gasteiger partial charge in [0.1, 0.15) is 6.10 Å². The number of aliphatic hydroxyl groups is 2. The van der Waals surface area contributed by atoms with Crippen LogP contribution in [-0.4, -0.2) is 46.9 Å². The molecular formula is C51H95NO5. The first kappa shape index (κ1) is 55.1. The number of aliphatic hydroxyl groups excluding tert-OH is 2. The van der Waals surface area contributed by atoms with E-state index in [1.165, 1.54) is 116 Å². The summed E-state index contributed by atoms with van der Waals surface area (Å²) in [6.07, 6.45) is 52.0. The molecule has 0 radical (unpaired) electrons. The summed E-state index contributed by atoms with van der Waals surface area (Å²) in [6, 6.07) is -0.704. The third-order valence-electron chi connectivity index (χ3n) is 11.2. The number of nitrogens with one attached hydrogen (secondary N) is 1. The van der Waals surface area contributed by atoms with Crippen LogP contribution in [-0.2, 0) is 14.3 Å². The Kier molecular flexibility index (Phi) is 43.6. The lowest BCUT2D eigenvalue weighted by atomic mass is 10.0. The number of rotatable bonds is 44. The van der Waals surface area contributed by atoms with Crippen molar-refractivity contribution in [2.24, 2.45) is 0 Å². The van der Waals surface area contributed by atoms with Gasteiger partial charge in [0.05, 0.1) is 25.2 Å². The van der Waals surface area contributed by atoms with E-state index in [0.717, 1.165) is 89.9 Å². The summed E-state index contributed by atoms with van der Waals surface area (Å²) in [5.41, 5.74) is 0. The van der Waals surface area contributed by atoms with Crippen LogP contribution >= 0.6 is 0 Å². The van der Waals surface area contributed by atoms with Crippen molar-refractivity contribution in [2.75, 3.05) is 6.61 Å². The molecule has 0 heterocycles. The smallest absolute Gasteiger partial charge is 0.306 e.